The summed E-state index contributed by atoms with van der Waals surface area (Å²) in [5, 5.41) is 13.7. The Labute approximate surface area is 156 Å². The molecule has 1 atom stereocenters. The minimum absolute atomic E-state index is 0.135. The number of hydrogen-bond donors (Lipinski definition) is 2. The molecule has 2 rings (SSSR count). The smallest absolute Gasteiger partial charge is 0.323 e. The Morgan fingerprint density at radius 3 is 2.42 bits per heavy atom. The summed E-state index contributed by atoms with van der Waals surface area (Å²) < 4.78 is 0. The third-order valence-corrected chi connectivity index (χ3v) is 4.96. The second kappa shape index (κ2) is 9.15. The fourth-order valence-corrected chi connectivity index (χ4v) is 3.04. The number of carboxylic acids is 1. The van der Waals surface area contributed by atoms with Crippen LogP contribution in [0.25, 0.3) is 0 Å². The molecule has 1 unspecified atom stereocenters. The fourth-order valence-electron chi connectivity index (χ4n) is 2.40. The molecule has 0 fully saturated rings. The summed E-state index contributed by atoms with van der Waals surface area (Å²) in [4.78, 5) is 37.6. The number of rotatable bonds is 8. The number of carbonyl (C=O) groups is 3. The Kier molecular flexibility index (Phi) is 6.91. The van der Waals surface area contributed by atoms with E-state index in [4.69, 9.17) is 5.11 Å². The monoisotopic (exact) mass is 374 g/mol. The molecule has 6 nitrogen and oxygen atoms in total. The van der Waals surface area contributed by atoms with Crippen LogP contribution >= 0.6 is 11.3 Å². The molecule has 0 aliphatic carbocycles. The largest absolute Gasteiger partial charge is 0.480 e. The van der Waals surface area contributed by atoms with Gasteiger partial charge in [-0.2, -0.15) is 0 Å². The van der Waals surface area contributed by atoms with E-state index < -0.39 is 5.97 Å². The van der Waals surface area contributed by atoms with Crippen LogP contribution < -0.4 is 5.32 Å². The Hall–Kier alpha value is -2.67. The number of thiophene rings is 1. The van der Waals surface area contributed by atoms with Crippen LogP contribution in [0.5, 0.6) is 0 Å². The average molecular weight is 374 g/mol. The van der Waals surface area contributed by atoms with Crippen molar-refractivity contribution in [3.05, 3.63) is 57.8 Å². The van der Waals surface area contributed by atoms with Gasteiger partial charge >= 0.3 is 5.97 Å². The topological polar surface area (TPSA) is 86.7 Å². The summed E-state index contributed by atoms with van der Waals surface area (Å²) >= 11 is 1.38. The summed E-state index contributed by atoms with van der Waals surface area (Å²) in [6.45, 7) is 3.77. The third-order valence-electron chi connectivity index (χ3n) is 4.09. The Morgan fingerprint density at radius 2 is 1.88 bits per heavy atom. The maximum absolute atomic E-state index is 12.6. The fraction of sp³-hybridized carbons (Fsp3) is 0.316. The number of aliphatic carboxylic acids is 1. The molecule has 1 heterocycles. The van der Waals surface area contributed by atoms with Crippen molar-refractivity contribution in [1.29, 1.82) is 0 Å². The SMILES string of the molecule is CCC(C)N(CC(=O)O)C(=O)c1ccc(CNC(=O)c2cccs2)cc1. The van der Waals surface area contributed by atoms with Crippen LogP contribution in [0.3, 0.4) is 0 Å². The summed E-state index contributed by atoms with van der Waals surface area (Å²) in [7, 11) is 0. The second-order valence-electron chi connectivity index (χ2n) is 5.94. The summed E-state index contributed by atoms with van der Waals surface area (Å²) in [5.41, 5.74) is 1.29. The molecule has 0 saturated carbocycles. The van der Waals surface area contributed by atoms with Crippen LogP contribution in [0.4, 0.5) is 0 Å². The minimum Gasteiger partial charge on any atom is -0.480 e. The van der Waals surface area contributed by atoms with Crippen molar-refractivity contribution in [2.75, 3.05) is 6.54 Å². The van der Waals surface area contributed by atoms with Crippen LogP contribution in [-0.2, 0) is 11.3 Å². The molecule has 7 heteroatoms. The summed E-state index contributed by atoms with van der Waals surface area (Å²) in [6.07, 6.45) is 0.672. The van der Waals surface area contributed by atoms with Gasteiger partial charge in [-0.25, -0.2) is 0 Å². The van der Waals surface area contributed by atoms with Gasteiger partial charge in [0.15, 0.2) is 0 Å². The number of nitrogens with zero attached hydrogens (tertiary/aromatic N) is 1. The Balaban J connectivity index is 2.01. The van der Waals surface area contributed by atoms with Crippen molar-refractivity contribution in [3.63, 3.8) is 0 Å². The highest BCUT2D eigenvalue weighted by atomic mass is 32.1. The van der Waals surface area contributed by atoms with Gasteiger partial charge < -0.3 is 15.3 Å². The van der Waals surface area contributed by atoms with E-state index in [-0.39, 0.29) is 24.4 Å². The molecule has 0 radical (unpaired) electrons. The molecule has 0 aliphatic heterocycles. The Morgan fingerprint density at radius 1 is 1.19 bits per heavy atom. The molecular weight excluding hydrogens is 352 g/mol. The lowest BCUT2D eigenvalue weighted by Crippen LogP contribution is -2.41. The maximum atomic E-state index is 12.6. The molecule has 2 amide bonds. The highest BCUT2D eigenvalue weighted by Crippen LogP contribution is 2.13. The quantitative estimate of drug-likeness (QED) is 0.744. The van der Waals surface area contributed by atoms with Gasteiger partial charge in [-0.05, 0) is 42.5 Å². The summed E-state index contributed by atoms with van der Waals surface area (Å²) in [5.74, 6) is -1.48. The first-order chi connectivity index (χ1) is 12.4. The number of hydrogen-bond acceptors (Lipinski definition) is 4. The van der Waals surface area contributed by atoms with Crippen molar-refractivity contribution in [3.8, 4) is 0 Å². The zero-order valence-electron chi connectivity index (χ0n) is 14.8. The highest BCUT2D eigenvalue weighted by molar-refractivity contribution is 7.12. The number of nitrogens with one attached hydrogen (secondary N) is 1. The number of amides is 2. The average Bonchev–Trinajstić information content (AvgIpc) is 3.18. The van der Waals surface area contributed by atoms with E-state index in [1.165, 1.54) is 16.2 Å². The molecular formula is C19H22N2O4S. The molecule has 2 aromatic rings. The van der Waals surface area contributed by atoms with E-state index in [0.29, 0.717) is 23.4 Å². The molecule has 0 saturated heterocycles. The first-order valence-electron chi connectivity index (χ1n) is 8.35. The van der Waals surface area contributed by atoms with E-state index in [0.717, 1.165) is 5.56 Å². The molecule has 0 spiro atoms. The number of benzene rings is 1. The maximum Gasteiger partial charge on any atom is 0.323 e. The summed E-state index contributed by atoms with van der Waals surface area (Å²) in [6, 6.07) is 10.3. The van der Waals surface area contributed by atoms with E-state index in [2.05, 4.69) is 5.32 Å². The van der Waals surface area contributed by atoms with E-state index >= 15 is 0 Å². The molecule has 1 aromatic carbocycles. The van der Waals surface area contributed by atoms with Crippen LogP contribution in [0.2, 0.25) is 0 Å². The zero-order chi connectivity index (χ0) is 19.1. The van der Waals surface area contributed by atoms with Gasteiger partial charge in [0, 0.05) is 18.2 Å². The van der Waals surface area contributed by atoms with Gasteiger partial charge in [-0.3, -0.25) is 14.4 Å². The van der Waals surface area contributed by atoms with Crippen molar-refractivity contribution in [2.24, 2.45) is 0 Å². The van der Waals surface area contributed by atoms with Crippen LogP contribution in [0.15, 0.2) is 41.8 Å². The van der Waals surface area contributed by atoms with Crippen LogP contribution in [0.1, 0.15) is 45.9 Å². The molecule has 2 N–H and O–H groups in total. The first-order valence-corrected chi connectivity index (χ1v) is 9.23. The predicted octanol–water partition coefficient (Wildman–Crippen LogP) is 3.00. The van der Waals surface area contributed by atoms with Gasteiger partial charge in [0.25, 0.3) is 11.8 Å². The van der Waals surface area contributed by atoms with Crippen LogP contribution in [-0.4, -0.2) is 40.4 Å². The van der Waals surface area contributed by atoms with Gasteiger partial charge in [0.2, 0.25) is 0 Å². The lowest BCUT2D eigenvalue weighted by molar-refractivity contribution is -0.138. The van der Waals surface area contributed by atoms with E-state index in [1.807, 2.05) is 25.3 Å². The third kappa shape index (κ3) is 5.16. The normalized spacial score (nSPS) is 11.6. The zero-order valence-corrected chi connectivity index (χ0v) is 15.6. The van der Waals surface area contributed by atoms with Gasteiger partial charge in [0.05, 0.1) is 4.88 Å². The highest BCUT2D eigenvalue weighted by Gasteiger charge is 2.22. The predicted molar refractivity (Wildman–Crippen MR) is 100 cm³/mol. The lowest BCUT2D eigenvalue weighted by atomic mass is 10.1. The standard InChI is InChI=1S/C19H22N2O4S/c1-3-13(2)21(12-17(22)23)19(25)15-8-6-14(7-9-15)11-20-18(24)16-5-4-10-26-16/h4-10,13H,3,11-12H2,1-2H3,(H,20,24)(H,22,23). The number of carbonyl (C=O) groups excluding carboxylic acids is 2. The van der Waals surface area contributed by atoms with Gasteiger partial charge in [-0.15, -0.1) is 11.3 Å². The molecule has 138 valence electrons. The van der Waals surface area contributed by atoms with Crippen molar-refractivity contribution in [1.82, 2.24) is 10.2 Å². The molecule has 0 bridgehead atoms. The minimum atomic E-state index is -1.04. The second-order valence-corrected chi connectivity index (χ2v) is 6.89. The first kappa shape index (κ1) is 19.7. The lowest BCUT2D eigenvalue weighted by Gasteiger charge is -2.27. The van der Waals surface area contributed by atoms with E-state index in [1.54, 1.807) is 30.3 Å². The molecule has 0 aliphatic rings. The van der Waals surface area contributed by atoms with Gasteiger partial charge in [-0.1, -0.05) is 25.1 Å². The van der Waals surface area contributed by atoms with Crippen molar-refractivity contribution < 1.29 is 19.5 Å². The van der Waals surface area contributed by atoms with Crippen molar-refractivity contribution >= 4 is 29.1 Å². The Bertz CT molecular complexity index is 756. The van der Waals surface area contributed by atoms with Crippen molar-refractivity contribution in [2.45, 2.75) is 32.9 Å². The van der Waals surface area contributed by atoms with Gasteiger partial charge in [0.1, 0.15) is 6.54 Å². The molecule has 1 aromatic heterocycles. The van der Waals surface area contributed by atoms with E-state index in [9.17, 15) is 14.4 Å². The van der Waals surface area contributed by atoms with Crippen LogP contribution in [0, 0.1) is 0 Å². The molecule has 26 heavy (non-hydrogen) atoms. The number of carboxylic acid groups (broad SMARTS) is 1.